The van der Waals surface area contributed by atoms with Gasteiger partial charge in [0.25, 0.3) is 5.91 Å². The van der Waals surface area contributed by atoms with Gasteiger partial charge in [-0.3, -0.25) is 4.79 Å². The van der Waals surface area contributed by atoms with E-state index < -0.39 is 0 Å². The number of carbonyl (C=O) groups excluding carboxylic acids is 1. The van der Waals surface area contributed by atoms with E-state index in [1.54, 1.807) is 12.1 Å². The Kier molecular flexibility index (Phi) is 5.36. The minimum Gasteiger partial charge on any atom is -0.508 e. The highest BCUT2D eigenvalue weighted by atomic mass is 16.3. The number of anilines is 1. The van der Waals surface area contributed by atoms with E-state index in [0.29, 0.717) is 12.1 Å². The number of nitrogens with zero attached hydrogens (tertiary/aromatic N) is 1. The fourth-order valence-electron chi connectivity index (χ4n) is 3.06. The molecule has 4 heteroatoms. The van der Waals surface area contributed by atoms with Crippen LogP contribution in [0.5, 0.6) is 5.75 Å². The minimum absolute atomic E-state index is 0.0197. The zero-order chi connectivity index (χ0) is 16.8. The third-order valence-electron chi connectivity index (χ3n) is 4.46. The Hall–Kier alpha value is -2.49. The van der Waals surface area contributed by atoms with Crippen molar-refractivity contribution in [3.8, 4) is 5.75 Å². The van der Waals surface area contributed by atoms with Crippen LogP contribution in [0.1, 0.15) is 35.2 Å². The van der Waals surface area contributed by atoms with Crippen LogP contribution >= 0.6 is 0 Å². The van der Waals surface area contributed by atoms with Crippen LogP contribution in [0.15, 0.2) is 48.5 Å². The molecule has 1 saturated heterocycles. The average molecular weight is 324 g/mol. The lowest BCUT2D eigenvalue weighted by Crippen LogP contribution is -2.25. The number of aryl methyl sites for hydroxylation is 1. The smallest absolute Gasteiger partial charge is 0.251 e. The minimum atomic E-state index is -0.0197. The molecule has 0 spiro atoms. The number of phenols is 1. The number of hydrogen-bond acceptors (Lipinski definition) is 3. The monoisotopic (exact) mass is 324 g/mol. The first-order chi connectivity index (χ1) is 11.7. The maximum atomic E-state index is 12.2. The van der Waals surface area contributed by atoms with Crippen molar-refractivity contribution in [2.45, 2.75) is 25.7 Å². The molecule has 4 nitrogen and oxygen atoms in total. The summed E-state index contributed by atoms with van der Waals surface area (Å²) in [5.41, 5.74) is 3.08. The van der Waals surface area contributed by atoms with Crippen molar-refractivity contribution in [3.63, 3.8) is 0 Å². The second kappa shape index (κ2) is 7.86. The van der Waals surface area contributed by atoms with E-state index in [1.165, 1.54) is 18.5 Å². The summed E-state index contributed by atoms with van der Waals surface area (Å²) < 4.78 is 0. The molecular weight excluding hydrogens is 300 g/mol. The van der Waals surface area contributed by atoms with Gasteiger partial charge in [-0.15, -0.1) is 0 Å². The number of benzene rings is 2. The predicted octanol–water partition coefficient (Wildman–Crippen LogP) is 3.36. The van der Waals surface area contributed by atoms with Crippen molar-refractivity contribution >= 4 is 11.6 Å². The maximum Gasteiger partial charge on any atom is 0.251 e. The van der Waals surface area contributed by atoms with Gasteiger partial charge in [-0.25, -0.2) is 0 Å². The molecule has 0 aromatic heterocycles. The Morgan fingerprint density at radius 1 is 1.00 bits per heavy atom. The molecule has 0 unspecified atom stereocenters. The molecule has 2 aromatic rings. The second-order valence-corrected chi connectivity index (χ2v) is 6.27. The Balaban J connectivity index is 1.43. The predicted molar refractivity (Wildman–Crippen MR) is 96.7 cm³/mol. The third-order valence-corrected chi connectivity index (χ3v) is 4.46. The normalized spacial score (nSPS) is 13.9. The number of phenolic OH excluding ortho intramolecular Hbond substituents is 1. The number of aromatic hydroxyl groups is 1. The Morgan fingerprint density at radius 2 is 1.67 bits per heavy atom. The molecule has 2 N–H and O–H groups in total. The number of hydrogen-bond donors (Lipinski definition) is 2. The van der Waals surface area contributed by atoms with E-state index in [4.69, 9.17) is 0 Å². The summed E-state index contributed by atoms with van der Waals surface area (Å²) in [6.45, 7) is 2.87. The molecule has 24 heavy (non-hydrogen) atoms. The van der Waals surface area contributed by atoms with Gasteiger partial charge in [0.05, 0.1) is 0 Å². The van der Waals surface area contributed by atoms with Crippen LogP contribution in [0.4, 0.5) is 5.69 Å². The Morgan fingerprint density at radius 3 is 2.33 bits per heavy atom. The first-order valence-corrected chi connectivity index (χ1v) is 8.63. The van der Waals surface area contributed by atoms with E-state index >= 15 is 0 Å². The van der Waals surface area contributed by atoms with Gasteiger partial charge in [-0.05, 0) is 67.6 Å². The highest BCUT2D eigenvalue weighted by molar-refractivity contribution is 5.94. The zero-order valence-corrected chi connectivity index (χ0v) is 13.9. The molecule has 0 atom stereocenters. The lowest BCUT2D eigenvalue weighted by molar-refractivity contribution is 0.0953. The SMILES string of the molecule is O=C(NCCCc1ccc(O)cc1)c1ccc(N2CCCC2)cc1. The Labute approximate surface area is 143 Å². The first-order valence-electron chi connectivity index (χ1n) is 8.63. The van der Waals surface area contributed by atoms with E-state index in [-0.39, 0.29) is 11.7 Å². The molecular formula is C20H24N2O2. The fraction of sp³-hybridized carbons (Fsp3) is 0.350. The lowest BCUT2D eigenvalue weighted by atomic mass is 10.1. The number of nitrogens with one attached hydrogen (secondary N) is 1. The van der Waals surface area contributed by atoms with Crippen molar-refractivity contribution in [1.29, 1.82) is 0 Å². The quantitative estimate of drug-likeness (QED) is 0.801. The number of amides is 1. The molecule has 1 fully saturated rings. The first kappa shape index (κ1) is 16.4. The van der Waals surface area contributed by atoms with E-state index in [9.17, 15) is 9.90 Å². The summed E-state index contributed by atoms with van der Waals surface area (Å²) in [6, 6.07) is 15.1. The zero-order valence-electron chi connectivity index (χ0n) is 13.9. The van der Waals surface area contributed by atoms with Gasteiger partial charge in [0.15, 0.2) is 0 Å². The van der Waals surface area contributed by atoms with Gasteiger partial charge < -0.3 is 15.3 Å². The second-order valence-electron chi connectivity index (χ2n) is 6.27. The largest absolute Gasteiger partial charge is 0.508 e. The lowest BCUT2D eigenvalue weighted by Gasteiger charge is -2.17. The van der Waals surface area contributed by atoms with Crippen molar-refractivity contribution in [3.05, 3.63) is 59.7 Å². The summed E-state index contributed by atoms with van der Waals surface area (Å²) >= 11 is 0. The molecule has 0 aliphatic carbocycles. The molecule has 126 valence electrons. The summed E-state index contributed by atoms with van der Waals surface area (Å²) in [4.78, 5) is 14.5. The van der Waals surface area contributed by atoms with Gasteiger partial charge >= 0.3 is 0 Å². The molecule has 0 bridgehead atoms. The van der Waals surface area contributed by atoms with E-state index in [1.807, 2.05) is 36.4 Å². The molecule has 3 rings (SSSR count). The van der Waals surface area contributed by atoms with Crippen LogP contribution in [-0.2, 0) is 6.42 Å². The van der Waals surface area contributed by atoms with Crippen molar-refractivity contribution in [1.82, 2.24) is 5.32 Å². The van der Waals surface area contributed by atoms with Crippen LogP contribution in [0.3, 0.4) is 0 Å². The Bertz CT molecular complexity index is 659. The maximum absolute atomic E-state index is 12.2. The fourth-order valence-corrected chi connectivity index (χ4v) is 3.06. The van der Waals surface area contributed by atoms with Crippen molar-refractivity contribution in [2.75, 3.05) is 24.5 Å². The standard InChI is InChI=1S/C20H24N2O2/c23-19-11-5-16(6-12-19)4-3-13-21-20(24)17-7-9-18(10-8-17)22-14-1-2-15-22/h5-12,23H,1-4,13-15H2,(H,21,24). The topological polar surface area (TPSA) is 52.6 Å². The average Bonchev–Trinajstić information content (AvgIpc) is 3.15. The van der Waals surface area contributed by atoms with Gasteiger partial charge in [0.2, 0.25) is 0 Å². The molecule has 1 aliphatic heterocycles. The number of rotatable bonds is 6. The number of carbonyl (C=O) groups is 1. The van der Waals surface area contributed by atoms with Crippen LogP contribution in [0.25, 0.3) is 0 Å². The molecule has 0 saturated carbocycles. The van der Waals surface area contributed by atoms with Crippen LogP contribution in [0, 0.1) is 0 Å². The van der Waals surface area contributed by atoms with Crippen LogP contribution in [0.2, 0.25) is 0 Å². The summed E-state index contributed by atoms with van der Waals surface area (Å²) in [5.74, 6) is 0.262. The van der Waals surface area contributed by atoms with Gasteiger partial charge in [0, 0.05) is 30.9 Å². The summed E-state index contributed by atoms with van der Waals surface area (Å²) in [7, 11) is 0. The molecule has 2 aromatic carbocycles. The third kappa shape index (κ3) is 4.28. The molecule has 1 amide bonds. The van der Waals surface area contributed by atoms with Gasteiger partial charge in [-0.1, -0.05) is 12.1 Å². The highest BCUT2D eigenvalue weighted by Gasteiger charge is 2.12. The highest BCUT2D eigenvalue weighted by Crippen LogP contribution is 2.20. The van der Waals surface area contributed by atoms with Crippen molar-refractivity contribution in [2.24, 2.45) is 0 Å². The molecule has 1 aliphatic rings. The summed E-state index contributed by atoms with van der Waals surface area (Å²) in [5, 5.41) is 12.2. The van der Waals surface area contributed by atoms with E-state index in [0.717, 1.165) is 31.5 Å². The molecule has 1 heterocycles. The van der Waals surface area contributed by atoms with Crippen LogP contribution < -0.4 is 10.2 Å². The van der Waals surface area contributed by atoms with Gasteiger partial charge in [0.1, 0.15) is 5.75 Å². The van der Waals surface area contributed by atoms with Gasteiger partial charge in [-0.2, -0.15) is 0 Å². The van der Waals surface area contributed by atoms with E-state index in [2.05, 4.69) is 10.2 Å². The van der Waals surface area contributed by atoms with Crippen molar-refractivity contribution < 1.29 is 9.90 Å². The van der Waals surface area contributed by atoms with Crippen LogP contribution in [-0.4, -0.2) is 30.6 Å². The molecule has 0 radical (unpaired) electrons. The summed E-state index contributed by atoms with van der Waals surface area (Å²) in [6.07, 6.45) is 4.27.